The summed E-state index contributed by atoms with van der Waals surface area (Å²) in [6, 6.07) is 3.58. The number of nitrogens with zero attached hydrogens (tertiary/aromatic N) is 4. The number of aryl methyl sites for hydroxylation is 1. The second-order valence-corrected chi connectivity index (χ2v) is 11.9. The zero-order valence-electron chi connectivity index (χ0n) is 20.4. The summed E-state index contributed by atoms with van der Waals surface area (Å²) in [5, 5.41) is 0. The van der Waals surface area contributed by atoms with E-state index in [1.54, 1.807) is 6.07 Å². The molecule has 1 aromatic carbocycles. The fraction of sp³-hybridized carbons (Fsp3) is 0.538. The normalized spacial score (nSPS) is 21.5. The van der Waals surface area contributed by atoms with Gasteiger partial charge in [-0.05, 0) is 67.4 Å². The van der Waals surface area contributed by atoms with Crippen LogP contribution in [0, 0.1) is 18.7 Å². The predicted molar refractivity (Wildman–Crippen MR) is 134 cm³/mol. The number of halogens is 1. The van der Waals surface area contributed by atoms with E-state index in [4.69, 9.17) is 4.74 Å². The van der Waals surface area contributed by atoms with E-state index in [9.17, 15) is 8.42 Å². The Hall–Kier alpha value is -2.52. The summed E-state index contributed by atoms with van der Waals surface area (Å²) in [6.45, 7) is 6.36. The van der Waals surface area contributed by atoms with Crippen LogP contribution in [0.5, 0.6) is 5.75 Å². The van der Waals surface area contributed by atoms with Gasteiger partial charge in [-0.2, -0.15) is 4.31 Å². The molecular formula is C26H33FN4O3S. The van der Waals surface area contributed by atoms with E-state index >= 15 is 4.39 Å². The Labute approximate surface area is 207 Å². The number of ether oxygens (including phenoxy) is 1. The molecule has 7 nitrogen and oxygen atoms in total. The molecule has 0 amide bonds. The molecule has 1 fully saturated rings. The Kier molecular flexibility index (Phi) is 6.81. The number of benzene rings is 1. The first-order valence-electron chi connectivity index (χ1n) is 12.5. The minimum atomic E-state index is -3.22. The Morgan fingerprint density at radius 3 is 2.54 bits per heavy atom. The molecule has 0 bridgehead atoms. The summed E-state index contributed by atoms with van der Waals surface area (Å²) >= 11 is 0. The molecule has 0 spiro atoms. The molecule has 1 saturated heterocycles. The van der Waals surface area contributed by atoms with Gasteiger partial charge in [0.1, 0.15) is 6.10 Å². The third-order valence-corrected chi connectivity index (χ3v) is 9.37. The van der Waals surface area contributed by atoms with Crippen LogP contribution in [0.3, 0.4) is 0 Å². The van der Waals surface area contributed by atoms with E-state index in [0.717, 1.165) is 54.1 Å². The van der Waals surface area contributed by atoms with Gasteiger partial charge in [-0.15, -0.1) is 0 Å². The van der Waals surface area contributed by atoms with E-state index in [0.29, 0.717) is 44.0 Å². The van der Waals surface area contributed by atoms with Crippen LogP contribution in [-0.2, 0) is 16.4 Å². The van der Waals surface area contributed by atoms with Crippen molar-refractivity contribution in [1.82, 2.24) is 14.3 Å². The van der Waals surface area contributed by atoms with Crippen LogP contribution in [0.2, 0.25) is 0 Å². The molecule has 3 aliphatic rings. The molecule has 188 valence electrons. The van der Waals surface area contributed by atoms with Crippen LogP contribution in [0.1, 0.15) is 49.3 Å². The maximum atomic E-state index is 15.0. The summed E-state index contributed by atoms with van der Waals surface area (Å²) in [5.74, 6) is 1.35. The monoisotopic (exact) mass is 500 g/mol. The van der Waals surface area contributed by atoms with Crippen molar-refractivity contribution in [3.63, 3.8) is 0 Å². The second kappa shape index (κ2) is 9.85. The lowest BCUT2D eigenvalue weighted by Crippen LogP contribution is -2.40. The lowest BCUT2D eigenvalue weighted by Gasteiger charge is -2.34. The maximum Gasteiger partial charge on any atom is 0.225 e. The van der Waals surface area contributed by atoms with Crippen LogP contribution >= 0.6 is 0 Å². The Morgan fingerprint density at radius 1 is 1.14 bits per heavy atom. The zero-order chi connectivity index (χ0) is 24.6. The summed E-state index contributed by atoms with van der Waals surface area (Å²) in [5.41, 5.74) is 3.80. The highest BCUT2D eigenvalue weighted by Crippen LogP contribution is 2.39. The molecule has 1 atom stereocenters. The number of anilines is 1. The van der Waals surface area contributed by atoms with Gasteiger partial charge in [-0.1, -0.05) is 13.0 Å². The first-order chi connectivity index (χ1) is 16.8. The van der Waals surface area contributed by atoms with Gasteiger partial charge >= 0.3 is 0 Å². The molecule has 3 aliphatic heterocycles. The van der Waals surface area contributed by atoms with Crippen LogP contribution in [0.4, 0.5) is 10.3 Å². The van der Waals surface area contributed by atoms with Gasteiger partial charge in [0.2, 0.25) is 16.0 Å². The van der Waals surface area contributed by atoms with Crippen molar-refractivity contribution in [2.24, 2.45) is 5.92 Å². The van der Waals surface area contributed by atoms with E-state index in [2.05, 4.69) is 14.9 Å². The van der Waals surface area contributed by atoms with Crippen molar-refractivity contribution >= 4 is 21.5 Å². The lowest BCUT2D eigenvalue weighted by molar-refractivity contribution is 0.134. The average molecular weight is 501 g/mol. The third kappa shape index (κ3) is 5.07. The largest absolute Gasteiger partial charge is 0.486 e. The van der Waals surface area contributed by atoms with E-state index in [1.165, 1.54) is 4.31 Å². The Bertz CT molecular complexity index is 1210. The molecule has 0 saturated carbocycles. The molecule has 1 unspecified atom stereocenters. The third-order valence-electron chi connectivity index (χ3n) is 7.32. The van der Waals surface area contributed by atoms with Crippen LogP contribution in [-0.4, -0.2) is 60.7 Å². The van der Waals surface area contributed by atoms with Gasteiger partial charge in [0.25, 0.3) is 0 Å². The molecule has 1 aromatic heterocycles. The summed E-state index contributed by atoms with van der Waals surface area (Å²) < 4.78 is 47.4. The summed E-state index contributed by atoms with van der Waals surface area (Å²) in [4.78, 5) is 11.1. The minimum Gasteiger partial charge on any atom is -0.486 e. The quantitative estimate of drug-likeness (QED) is 0.598. The SMILES string of the molecule is CCCS(=O)(=O)N1CC=C(c2cc(F)c3c(c2)CC(C2CCN(c4ncc(C)cn4)CC2)O3)CC1. The molecular weight excluding hydrogens is 467 g/mol. The van der Waals surface area contributed by atoms with Crippen molar-refractivity contribution in [3.8, 4) is 5.75 Å². The van der Waals surface area contributed by atoms with E-state index in [1.807, 2.05) is 38.4 Å². The number of fused-ring (bicyclic) bond motifs is 1. The molecule has 35 heavy (non-hydrogen) atoms. The topological polar surface area (TPSA) is 75.6 Å². The fourth-order valence-electron chi connectivity index (χ4n) is 5.36. The van der Waals surface area contributed by atoms with Gasteiger partial charge in [0, 0.05) is 50.6 Å². The summed E-state index contributed by atoms with van der Waals surface area (Å²) in [6.07, 6.45) is 9.39. The maximum absolute atomic E-state index is 15.0. The van der Waals surface area contributed by atoms with Crippen molar-refractivity contribution < 1.29 is 17.5 Å². The zero-order valence-corrected chi connectivity index (χ0v) is 21.2. The van der Waals surface area contributed by atoms with Gasteiger partial charge in [0.15, 0.2) is 11.6 Å². The van der Waals surface area contributed by atoms with Gasteiger partial charge in [-0.25, -0.2) is 22.8 Å². The van der Waals surface area contributed by atoms with E-state index < -0.39 is 10.0 Å². The van der Waals surface area contributed by atoms with Crippen molar-refractivity contribution in [2.75, 3.05) is 36.8 Å². The first-order valence-corrected chi connectivity index (χ1v) is 14.1. The van der Waals surface area contributed by atoms with E-state index in [-0.39, 0.29) is 17.7 Å². The highest BCUT2D eigenvalue weighted by Gasteiger charge is 2.35. The standard InChI is InChI=1S/C26H33FN4O3S/c1-3-12-35(32,33)31-10-6-19(7-11-31)21-13-22-15-24(34-25(22)23(27)14-21)20-4-8-30(9-5-20)26-28-16-18(2)17-29-26/h6,13-14,16-17,20,24H,3-5,7-12,15H2,1-2H3. The number of hydrogen-bond acceptors (Lipinski definition) is 6. The minimum absolute atomic E-state index is 0.0224. The average Bonchev–Trinajstić information content (AvgIpc) is 3.30. The Morgan fingerprint density at radius 2 is 1.89 bits per heavy atom. The Balaban J connectivity index is 1.23. The van der Waals surface area contributed by atoms with Crippen LogP contribution in [0.25, 0.3) is 5.57 Å². The fourth-order valence-corrected chi connectivity index (χ4v) is 6.81. The molecule has 4 heterocycles. The number of sulfonamides is 1. The smallest absolute Gasteiger partial charge is 0.225 e. The van der Waals surface area contributed by atoms with Gasteiger partial charge < -0.3 is 9.64 Å². The number of rotatable bonds is 6. The number of hydrogen-bond donors (Lipinski definition) is 0. The van der Waals surface area contributed by atoms with Crippen LogP contribution in [0.15, 0.2) is 30.6 Å². The molecule has 0 radical (unpaired) electrons. The van der Waals surface area contributed by atoms with Gasteiger partial charge in [0.05, 0.1) is 5.75 Å². The molecule has 9 heteroatoms. The second-order valence-electron chi connectivity index (χ2n) is 9.85. The molecule has 2 aromatic rings. The highest BCUT2D eigenvalue weighted by molar-refractivity contribution is 7.89. The summed E-state index contributed by atoms with van der Waals surface area (Å²) in [7, 11) is -3.22. The van der Waals surface area contributed by atoms with Crippen LogP contribution < -0.4 is 9.64 Å². The molecule has 5 rings (SSSR count). The molecule has 0 aliphatic carbocycles. The predicted octanol–water partition coefficient (Wildman–Crippen LogP) is 3.97. The van der Waals surface area contributed by atoms with Crippen molar-refractivity contribution in [2.45, 2.75) is 52.1 Å². The highest BCUT2D eigenvalue weighted by atomic mass is 32.2. The lowest BCUT2D eigenvalue weighted by atomic mass is 9.88. The van der Waals surface area contributed by atoms with Crippen molar-refractivity contribution in [1.29, 1.82) is 0 Å². The number of aromatic nitrogens is 2. The molecule has 0 N–H and O–H groups in total. The number of piperidine rings is 1. The van der Waals surface area contributed by atoms with Crippen molar-refractivity contribution in [3.05, 3.63) is 53.1 Å². The van der Waals surface area contributed by atoms with Gasteiger partial charge in [-0.3, -0.25) is 0 Å². The first kappa shape index (κ1) is 24.2.